The molecule has 0 bridgehead atoms. The molecular weight excluding hydrogens is 356 g/mol. The molecule has 0 unspecified atom stereocenters. The second-order valence-electron chi connectivity index (χ2n) is 5.94. The van der Waals surface area contributed by atoms with Crippen LogP contribution in [0.2, 0.25) is 0 Å². The van der Waals surface area contributed by atoms with Crippen molar-refractivity contribution < 1.29 is 4.79 Å². The molecule has 6 heteroatoms. The first-order chi connectivity index (χ1) is 11.6. The van der Waals surface area contributed by atoms with Crippen LogP contribution in [0.25, 0.3) is 0 Å². The number of carbonyl (C=O) groups is 1. The van der Waals surface area contributed by atoms with E-state index in [2.05, 4.69) is 39.2 Å². The minimum Gasteiger partial charge on any atom is -0.350 e. The SMILES string of the molecule is CN(C)[C@@H](CNC(=O)c1ccc(C2SCCS2)cc1)c1ccsc1. The summed E-state index contributed by atoms with van der Waals surface area (Å²) in [5.74, 6) is 2.42. The van der Waals surface area contributed by atoms with Gasteiger partial charge in [-0.05, 0) is 54.2 Å². The molecule has 0 spiro atoms. The van der Waals surface area contributed by atoms with Crippen molar-refractivity contribution in [3.05, 3.63) is 57.8 Å². The summed E-state index contributed by atoms with van der Waals surface area (Å²) in [5, 5.41) is 7.29. The van der Waals surface area contributed by atoms with Crippen LogP contribution in [0.15, 0.2) is 41.1 Å². The summed E-state index contributed by atoms with van der Waals surface area (Å²) in [6.07, 6.45) is 0. The highest BCUT2D eigenvalue weighted by molar-refractivity contribution is 8.19. The maximum Gasteiger partial charge on any atom is 0.251 e. The number of nitrogens with zero attached hydrogens (tertiary/aromatic N) is 1. The van der Waals surface area contributed by atoms with E-state index in [1.807, 2.05) is 49.8 Å². The molecule has 1 aromatic carbocycles. The number of nitrogens with one attached hydrogen (secondary N) is 1. The Kier molecular flexibility index (Phi) is 6.27. The number of likely N-dealkylation sites (N-methyl/N-ethyl adjacent to an activating group) is 1. The highest BCUT2D eigenvalue weighted by Crippen LogP contribution is 2.45. The quantitative estimate of drug-likeness (QED) is 0.814. The van der Waals surface area contributed by atoms with Gasteiger partial charge in [-0.25, -0.2) is 0 Å². The van der Waals surface area contributed by atoms with Crippen LogP contribution in [0.4, 0.5) is 0 Å². The second kappa shape index (κ2) is 8.43. The van der Waals surface area contributed by atoms with E-state index in [4.69, 9.17) is 0 Å². The third-order valence-corrected chi connectivity index (χ3v) is 7.88. The van der Waals surface area contributed by atoms with Crippen LogP contribution >= 0.6 is 34.9 Å². The van der Waals surface area contributed by atoms with Gasteiger partial charge >= 0.3 is 0 Å². The average molecular weight is 379 g/mol. The Balaban J connectivity index is 1.60. The van der Waals surface area contributed by atoms with Crippen LogP contribution in [0.5, 0.6) is 0 Å². The largest absolute Gasteiger partial charge is 0.350 e. The van der Waals surface area contributed by atoms with Crippen molar-refractivity contribution in [1.82, 2.24) is 10.2 Å². The number of benzene rings is 1. The fraction of sp³-hybridized carbons (Fsp3) is 0.389. The van der Waals surface area contributed by atoms with Gasteiger partial charge in [-0.2, -0.15) is 11.3 Å². The molecular formula is C18H22N2OS3. The van der Waals surface area contributed by atoms with Gasteiger partial charge in [0.15, 0.2) is 0 Å². The summed E-state index contributed by atoms with van der Waals surface area (Å²) in [6, 6.07) is 10.4. The van der Waals surface area contributed by atoms with E-state index in [-0.39, 0.29) is 11.9 Å². The molecule has 3 rings (SSSR count). The Morgan fingerprint density at radius 1 is 1.21 bits per heavy atom. The summed E-state index contributed by atoms with van der Waals surface area (Å²) in [5.41, 5.74) is 3.29. The molecule has 24 heavy (non-hydrogen) atoms. The molecule has 1 fully saturated rings. The van der Waals surface area contributed by atoms with Crippen LogP contribution in [0, 0.1) is 0 Å². The third kappa shape index (κ3) is 4.36. The Bertz CT molecular complexity index is 649. The van der Waals surface area contributed by atoms with Crippen molar-refractivity contribution in [1.29, 1.82) is 0 Å². The van der Waals surface area contributed by atoms with Crippen molar-refractivity contribution in [2.24, 2.45) is 0 Å². The van der Waals surface area contributed by atoms with Gasteiger partial charge in [0.05, 0.1) is 10.6 Å². The monoisotopic (exact) mass is 378 g/mol. The first kappa shape index (κ1) is 17.9. The number of hydrogen-bond acceptors (Lipinski definition) is 5. The molecule has 1 aliphatic heterocycles. The van der Waals surface area contributed by atoms with Crippen molar-refractivity contribution >= 4 is 40.8 Å². The van der Waals surface area contributed by atoms with Crippen molar-refractivity contribution in [2.45, 2.75) is 10.6 Å². The maximum atomic E-state index is 12.4. The highest BCUT2D eigenvalue weighted by atomic mass is 32.2. The number of thiophene rings is 1. The van der Waals surface area contributed by atoms with Crippen LogP contribution in [-0.4, -0.2) is 43.0 Å². The van der Waals surface area contributed by atoms with Gasteiger partial charge in [0.1, 0.15) is 0 Å². The smallest absolute Gasteiger partial charge is 0.251 e. The van der Waals surface area contributed by atoms with E-state index in [1.165, 1.54) is 22.6 Å². The fourth-order valence-electron chi connectivity index (χ4n) is 2.70. The van der Waals surface area contributed by atoms with Crippen molar-refractivity contribution in [3.8, 4) is 0 Å². The molecule has 1 aromatic heterocycles. The highest BCUT2D eigenvalue weighted by Gasteiger charge is 2.19. The molecule has 0 radical (unpaired) electrons. The summed E-state index contributed by atoms with van der Waals surface area (Å²) in [6.45, 7) is 0.610. The van der Waals surface area contributed by atoms with Gasteiger partial charge in [-0.1, -0.05) is 12.1 Å². The third-order valence-electron chi connectivity index (χ3n) is 4.07. The molecule has 1 aliphatic rings. The number of rotatable bonds is 6. The zero-order chi connectivity index (χ0) is 16.9. The van der Waals surface area contributed by atoms with Crippen LogP contribution in [0.1, 0.15) is 32.1 Å². The van der Waals surface area contributed by atoms with E-state index < -0.39 is 0 Å². The molecule has 3 nitrogen and oxygen atoms in total. The minimum atomic E-state index is -0.00430. The zero-order valence-corrected chi connectivity index (χ0v) is 16.3. The number of thioether (sulfide) groups is 2. The second-order valence-corrected chi connectivity index (χ2v) is 9.45. The first-order valence-electron chi connectivity index (χ1n) is 7.95. The maximum absolute atomic E-state index is 12.4. The van der Waals surface area contributed by atoms with Gasteiger partial charge in [0.25, 0.3) is 5.91 Å². The Labute approximate surface area is 156 Å². The summed E-state index contributed by atoms with van der Waals surface area (Å²) in [7, 11) is 4.08. The van der Waals surface area contributed by atoms with E-state index in [0.717, 1.165) is 5.56 Å². The van der Waals surface area contributed by atoms with Crippen LogP contribution < -0.4 is 5.32 Å². The van der Waals surface area contributed by atoms with Crippen LogP contribution in [-0.2, 0) is 0 Å². The van der Waals surface area contributed by atoms with Gasteiger partial charge in [0, 0.05) is 23.6 Å². The average Bonchev–Trinajstić information content (AvgIpc) is 3.28. The first-order valence-corrected chi connectivity index (χ1v) is 11.0. The lowest BCUT2D eigenvalue weighted by Gasteiger charge is -2.24. The lowest BCUT2D eigenvalue weighted by molar-refractivity contribution is 0.0942. The fourth-order valence-corrected chi connectivity index (χ4v) is 6.26. The van der Waals surface area contributed by atoms with E-state index >= 15 is 0 Å². The predicted octanol–water partition coefficient (Wildman–Crippen LogP) is 4.26. The summed E-state index contributed by atoms with van der Waals surface area (Å²) in [4.78, 5) is 14.6. The molecule has 1 N–H and O–H groups in total. The van der Waals surface area contributed by atoms with E-state index in [0.29, 0.717) is 11.1 Å². The lowest BCUT2D eigenvalue weighted by Crippen LogP contribution is -2.34. The topological polar surface area (TPSA) is 32.3 Å². The van der Waals surface area contributed by atoms with Crippen LogP contribution in [0.3, 0.4) is 0 Å². The van der Waals surface area contributed by atoms with E-state index in [1.54, 1.807) is 11.3 Å². The molecule has 1 saturated heterocycles. The van der Waals surface area contributed by atoms with Gasteiger partial charge in [-0.15, -0.1) is 23.5 Å². The minimum absolute atomic E-state index is 0.00430. The number of amides is 1. The molecule has 2 aromatic rings. The van der Waals surface area contributed by atoms with Gasteiger partial charge in [0.2, 0.25) is 0 Å². The Morgan fingerprint density at radius 2 is 1.92 bits per heavy atom. The van der Waals surface area contributed by atoms with E-state index in [9.17, 15) is 4.79 Å². The molecule has 128 valence electrons. The lowest BCUT2D eigenvalue weighted by atomic mass is 10.1. The molecule has 1 amide bonds. The standard InChI is InChI=1S/C18H22N2OS3/c1-20(2)16(15-7-8-22-12-15)11-19-17(21)13-3-5-14(6-4-13)18-23-9-10-24-18/h3-8,12,16,18H,9-11H2,1-2H3,(H,19,21)/t16-/m0/s1. The predicted molar refractivity (Wildman–Crippen MR) is 107 cm³/mol. The number of carbonyl (C=O) groups excluding carboxylic acids is 1. The summed E-state index contributed by atoms with van der Waals surface area (Å²) < 4.78 is 0.527. The van der Waals surface area contributed by atoms with Crippen molar-refractivity contribution in [3.63, 3.8) is 0 Å². The van der Waals surface area contributed by atoms with Crippen molar-refractivity contribution in [2.75, 3.05) is 32.1 Å². The number of hydrogen-bond donors (Lipinski definition) is 1. The summed E-state index contributed by atoms with van der Waals surface area (Å²) >= 11 is 5.65. The normalized spacial score (nSPS) is 16.5. The molecule has 1 atom stereocenters. The van der Waals surface area contributed by atoms with Gasteiger partial charge < -0.3 is 10.2 Å². The molecule has 0 saturated carbocycles. The Morgan fingerprint density at radius 3 is 2.50 bits per heavy atom. The molecule has 0 aliphatic carbocycles. The van der Waals surface area contributed by atoms with Gasteiger partial charge in [-0.3, -0.25) is 4.79 Å². The Hall–Kier alpha value is -0.950. The zero-order valence-electron chi connectivity index (χ0n) is 13.9. The molecule has 2 heterocycles.